The van der Waals surface area contributed by atoms with Crippen molar-refractivity contribution in [2.24, 2.45) is 12.0 Å². The van der Waals surface area contributed by atoms with Gasteiger partial charge >= 0.3 is 0 Å². The van der Waals surface area contributed by atoms with Gasteiger partial charge < -0.3 is 4.74 Å². The van der Waals surface area contributed by atoms with Gasteiger partial charge in [-0.15, -0.1) is 0 Å². The molecule has 3 rings (SSSR count). The van der Waals surface area contributed by atoms with E-state index >= 15 is 0 Å². The van der Waals surface area contributed by atoms with Crippen LogP contribution >= 0.6 is 0 Å². The van der Waals surface area contributed by atoms with Crippen molar-refractivity contribution >= 4 is 11.9 Å². The largest absolute Gasteiger partial charge is 0.489 e. The first kappa shape index (κ1) is 17.5. The third-order valence-corrected chi connectivity index (χ3v) is 4.13. The van der Waals surface area contributed by atoms with Crippen LogP contribution in [0.1, 0.15) is 11.3 Å². The van der Waals surface area contributed by atoms with Gasteiger partial charge in [-0.05, 0) is 31.2 Å². The van der Waals surface area contributed by atoms with E-state index in [1.807, 2.05) is 73.3 Å². The Kier molecular flexibility index (Phi) is 5.17. The average Bonchev–Trinajstić information content (AvgIpc) is 2.88. The van der Waals surface area contributed by atoms with Crippen molar-refractivity contribution in [1.82, 2.24) is 9.36 Å². The van der Waals surface area contributed by atoms with Crippen LogP contribution in [0.4, 0.5) is 5.69 Å². The van der Waals surface area contributed by atoms with Gasteiger partial charge in [0.1, 0.15) is 12.4 Å². The van der Waals surface area contributed by atoms with Crippen LogP contribution in [0.5, 0.6) is 5.75 Å². The Morgan fingerprint density at radius 1 is 1.12 bits per heavy atom. The quantitative estimate of drug-likeness (QED) is 0.503. The molecule has 132 valence electrons. The number of hydrogen-bond acceptors (Lipinski definition) is 3. The van der Waals surface area contributed by atoms with E-state index in [0.29, 0.717) is 18.0 Å². The molecule has 26 heavy (non-hydrogen) atoms. The fourth-order valence-electron chi connectivity index (χ4n) is 2.70. The lowest BCUT2D eigenvalue weighted by Crippen LogP contribution is -2.19. The van der Waals surface area contributed by atoms with Gasteiger partial charge in [0.05, 0.1) is 11.4 Å². The number of para-hydroxylation sites is 2. The molecule has 0 fully saturated rings. The van der Waals surface area contributed by atoms with Crippen LogP contribution in [0.15, 0.2) is 77.0 Å². The molecule has 0 aliphatic heterocycles. The summed E-state index contributed by atoms with van der Waals surface area (Å²) in [4.78, 5) is 17.3. The minimum atomic E-state index is -0.156. The summed E-state index contributed by atoms with van der Waals surface area (Å²) in [5.41, 5.74) is 2.66. The molecule has 0 radical (unpaired) electrons. The lowest BCUT2D eigenvalue weighted by atomic mass is 10.2. The molecule has 0 aliphatic carbocycles. The highest BCUT2D eigenvalue weighted by Crippen LogP contribution is 2.19. The topological polar surface area (TPSA) is 48.5 Å². The normalized spacial score (nSPS) is 11.0. The predicted octanol–water partition coefficient (Wildman–Crippen LogP) is 3.80. The molecule has 3 aromatic rings. The second-order valence-corrected chi connectivity index (χ2v) is 5.81. The van der Waals surface area contributed by atoms with Crippen molar-refractivity contribution in [3.8, 4) is 11.4 Å². The molecule has 0 saturated heterocycles. The Hall–Kier alpha value is -3.34. The number of hydrogen-bond donors (Lipinski definition) is 0. The molecule has 0 unspecified atom stereocenters. The zero-order chi connectivity index (χ0) is 18.5. The second-order valence-electron chi connectivity index (χ2n) is 5.81. The maximum absolute atomic E-state index is 12.9. The van der Waals surface area contributed by atoms with Gasteiger partial charge in [0.15, 0.2) is 5.69 Å². The molecule has 2 aromatic carbocycles. The van der Waals surface area contributed by atoms with Crippen LogP contribution < -0.4 is 10.3 Å². The summed E-state index contributed by atoms with van der Waals surface area (Å²) < 4.78 is 9.06. The van der Waals surface area contributed by atoms with Crippen LogP contribution in [-0.4, -0.2) is 22.2 Å². The Bertz CT molecular complexity index is 998. The van der Waals surface area contributed by atoms with Crippen LogP contribution in [0.25, 0.3) is 5.69 Å². The van der Waals surface area contributed by atoms with E-state index in [1.165, 1.54) is 0 Å². The minimum Gasteiger partial charge on any atom is -0.489 e. The summed E-state index contributed by atoms with van der Waals surface area (Å²) in [5, 5.41) is 0. The molecular formula is C21H21N3O2. The fraction of sp³-hybridized carbons (Fsp3) is 0.143. The van der Waals surface area contributed by atoms with Crippen LogP contribution in [0.3, 0.4) is 0 Å². The van der Waals surface area contributed by atoms with E-state index in [4.69, 9.17) is 4.74 Å². The molecule has 5 heteroatoms. The summed E-state index contributed by atoms with van der Waals surface area (Å²) in [6, 6.07) is 17.1. The van der Waals surface area contributed by atoms with Gasteiger partial charge in [-0.2, -0.15) is 0 Å². The fourth-order valence-corrected chi connectivity index (χ4v) is 2.70. The maximum atomic E-state index is 12.9. The van der Waals surface area contributed by atoms with Gasteiger partial charge in [-0.1, -0.05) is 43.0 Å². The van der Waals surface area contributed by atoms with Crippen molar-refractivity contribution in [3.05, 3.63) is 88.9 Å². The molecule has 5 nitrogen and oxygen atoms in total. The summed E-state index contributed by atoms with van der Waals surface area (Å²) >= 11 is 0. The zero-order valence-electron chi connectivity index (χ0n) is 14.9. The number of ether oxygens (including phenoxy) is 1. The van der Waals surface area contributed by atoms with E-state index < -0.39 is 0 Å². The Labute approximate surface area is 152 Å². The summed E-state index contributed by atoms with van der Waals surface area (Å²) in [7, 11) is 1.85. The van der Waals surface area contributed by atoms with E-state index in [1.54, 1.807) is 17.0 Å². The number of nitrogens with zero attached hydrogens (tertiary/aromatic N) is 3. The Morgan fingerprint density at radius 3 is 2.54 bits per heavy atom. The molecule has 0 saturated carbocycles. The standard InChI is InChI=1S/C21H21N3O2/c1-4-14-26-19-13-9-8-10-17(19)15-22-20-16(2)23(3)24(21(20)25)18-11-6-5-7-12-18/h4-13,15H,1,14H2,2-3H3. The summed E-state index contributed by atoms with van der Waals surface area (Å²) in [5.74, 6) is 0.702. The summed E-state index contributed by atoms with van der Waals surface area (Å²) in [6.45, 7) is 5.95. The molecule has 0 aliphatic rings. The van der Waals surface area contributed by atoms with E-state index in [2.05, 4.69) is 11.6 Å². The number of aromatic nitrogens is 2. The molecular weight excluding hydrogens is 326 g/mol. The monoisotopic (exact) mass is 347 g/mol. The molecule has 0 amide bonds. The van der Waals surface area contributed by atoms with Crippen LogP contribution in [-0.2, 0) is 7.05 Å². The highest BCUT2D eigenvalue weighted by atomic mass is 16.5. The van der Waals surface area contributed by atoms with Gasteiger partial charge in [0, 0.05) is 18.8 Å². The smallest absolute Gasteiger partial charge is 0.297 e. The highest BCUT2D eigenvalue weighted by molar-refractivity contribution is 5.85. The van der Waals surface area contributed by atoms with Crippen LogP contribution in [0.2, 0.25) is 0 Å². The maximum Gasteiger partial charge on any atom is 0.297 e. The molecule has 0 N–H and O–H groups in total. The number of benzene rings is 2. The average molecular weight is 347 g/mol. The van der Waals surface area contributed by atoms with Gasteiger partial charge in [-0.25, -0.2) is 9.67 Å². The van der Waals surface area contributed by atoms with Gasteiger partial charge in [0.2, 0.25) is 0 Å². The Balaban J connectivity index is 2.01. The third-order valence-electron chi connectivity index (χ3n) is 4.13. The van der Waals surface area contributed by atoms with Gasteiger partial charge in [-0.3, -0.25) is 9.48 Å². The second kappa shape index (κ2) is 7.70. The van der Waals surface area contributed by atoms with Crippen molar-refractivity contribution < 1.29 is 4.74 Å². The molecule has 0 atom stereocenters. The lowest BCUT2D eigenvalue weighted by Gasteiger charge is -2.07. The first-order chi connectivity index (χ1) is 12.6. The molecule has 1 heterocycles. The Morgan fingerprint density at radius 2 is 1.81 bits per heavy atom. The highest BCUT2D eigenvalue weighted by Gasteiger charge is 2.15. The van der Waals surface area contributed by atoms with Gasteiger partial charge in [0.25, 0.3) is 5.56 Å². The third kappa shape index (κ3) is 3.37. The van der Waals surface area contributed by atoms with Crippen molar-refractivity contribution in [1.29, 1.82) is 0 Å². The number of rotatable bonds is 6. The predicted molar refractivity (Wildman–Crippen MR) is 105 cm³/mol. The van der Waals surface area contributed by atoms with Crippen molar-refractivity contribution in [3.63, 3.8) is 0 Å². The van der Waals surface area contributed by atoms with E-state index in [9.17, 15) is 4.79 Å². The SMILES string of the molecule is C=CCOc1ccccc1C=Nc1c(C)n(C)n(-c2ccccc2)c1=O. The van der Waals surface area contributed by atoms with Crippen LogP contribution in [0, 0.1) is 6.92 Å². The minimum absolute atomic E-state index is 0.156. The summed E-state index contributed by atoms with van der Waals surface area (Å²) in [6.07, 6.45) is 3.35. The lowest BCUT2D eigenvalue weighted by molar-refractivity contribution is 0.363. The number of aliphatic imine (C=N–C) groups is 1. The molecule has 0 spiro atoms. The first-order valence-electron chi connectivity index (χ1n) is 8.34. The zero-order valence-corrected chi connectivity index (χ0v) is 14.9. The molecule has 1 aromatic heterocycles. The van der Waals surface area contributed by atoms with E-state index in [0.717, 1.165) is 16.9 Å². The van der Waals surface area contributed by atoms with Crippen molar-refractivity contribution in [2.45, 2.75) is 6.92 Å². The first-order valence-corrected chi connectivity index (χ1v) is 8.34. The van der Waals surface area contributed by atoms with E-state index in [-0.39, 0.29) is 5.56 Å². The molecule has 0 bridgehead atoms. The van der Waals surface area contributed by atoms with Crippen molar-refractivity contribution in [2.75, 3.05) is 6.61 Å².